The van der Waals surface area contributed by atoms with Crippen LogP contribution in [-0.4, -0.2) is 48.0 Å². The minimum Gasteiger partial charge on any atom is -0.388 e. The minimum absolute atomic E-state index is 0.0546. The van der Waals surface area contributed by atoms with Gasteiger partial charge in [-0.1, -0.05) is 42.5 Å². The number of piperidine rings is 1. The molecule has 1 fully saturated rings. The molecule has 1 unspecified atom stereocenters. The molecule has 0 spiro atoms. The largest absolute Gasteiger partial charge is 0.388 e. The Labute approximate surface area is 164 Å². The van der Waals surface area contributed by atoms with Gasteiger partial charge < -0.3 is 10.4 Å². The zero-order chi connectivity index (χ0) is 19.5. The Balaban J connectivity index is 1.35. The van der Waals surface area contributed by atoms with Gasteiger partial charge in [-0.25, -0.2) is 0 Å². The molecule has 2 aliphatic rings. The van der Waals surface area contributed by atoms with Gasteiger partial charge in [-0.3, -0.25) is 19.4 Å². The second-order valence-corrected chi connectivity index (χ2v) is 7.51. The van der Waals surface area contributed by atoms with E-state index in [1.165, 1.54) is 0 Å². The van der Waals surface area contributed by atoms with Crippen molar-refractivity contribution in [1.29, 1.82) is 0 Å². The third-order valence-corrected chi connectivity index (χ3v) is 5.65. The van der Waals surface area contributed by atoms with E-state index in [0.29, 0.717) is 5.69 Å². The maximum atomic E-state index is 12.9. The summed E-state index contributed by atoms with van der Waals surface area (Å²) in [5.74, 6) is -0.0312. The Hall–Kier alpha value is -2.70. The fraction of sp³-hybridized carbons (Fsp3) is 0.364. The van der Waals surface area contributed by atoms with E-state index in [0.717, 1.165) is 37.2 Å². The lowest BCUT2D eigenvalue weighted by atomic mass is 9.87. The monoisotopic (exact) mass is 379 g/mol. The maximum Gasteiger partial charge on any atom is 0.244 e. The topological polar surface area (TPSA) is 72.9 Å². The zero-order valence-electron chi connectivity index (χ0n) is 15.8. The number of rotatable bonds is 4. The Kier molecular flexibility index (Phi) is 5.41. The molecule has 0 saturated carbocycles. The summed E-state index contributed by atoms with van der Waals surface area (Å²) in [6, 6.07) is 17.1. The highest BCUT2D eigenvalue weighted by Crippen LogP contribution is 2.32. The lowest BCUT2D eigenvalue weighted by Gasteiger charge is -2.36. The number of benzene rings is 2. The van der Waals surface area contributed by atoms with Gasteiger partial charge in [0, 0.05) is 0 Å². The highest BCUT2D eigenvalue weighted by Gasteiger charge is 2.30. The summed E-state index contributed by atoms with van der Waals surface area (Å²) in [6.07, 6.45) is 1.23. The molecule has 6 nitrogen and oxygen atoms in total. The summed E-state index contributed by atoms with van der Waals surface area (Å²) in [4.78, 5) is 28.5. The molecule has 0 radical (unpaired) electrons. The molecule has 2 aromatic carbocycles. The van der Waals surface area contributed by atoms with Crippen LogP contribution in [0.5, 0.6) is 0 Å². The van der Waals surface area contributed by atoms with Crippen molar-refractivity contribution >= 4 is 23.2 Å². The van der Waals surface area contributed by atoms with Crippen LogP contribution >= 0.6 is 0 Å². The van der Waals surface area contributed by atoms with E-state index in [2.05, 4.69) is 10.2 Å². The third kappa shape index (κ3) is 3.93. The number of aliphatic hydroxyl groups is 1. The van der Waals surface area contributed by atoms with Crippen LogP contribution in [0.25, 0.3) is 0 Å². The van der Waals surface area contributed by atoms with Crippen molar-refractivity contribution in [3.63, 3.8) is 0 Å². The lowest BCUT2D eigenvalue weighted by Crippen LogP contribution is -2.48. The Morgan fingerprint density at radius 2 is 1.75 bits per heavy atom. The van der Waals surface area contributed by atoms with Crippen LogP contribution < -0.4 is 10.2 Å². The second kappa shape index (κ2) is 8.12. The van der Waals surface area contributed by atoms with E-state index in [1.54, 1.807) is 4.90 Å². The lowest BCUT2D eigenvalue weighted by molar-refractivity contribution is -0.123. The van der Waals surface area contributed by atoms with Crippen LogP contribution in [-0.2, 0) is 9.59 Å². The first-order valence-corrected chi connectivity index (χ1v) is 9.76. The predicted molar refractivity (Wildman–Crippen MR) is 108 cm³/mol. The number of anilines is 2. The molecule has 28 heavy (non-hydrogen) atoms. The molecule has 1 saturated heterocycles. The molecule has 2 amide bonds. The van der Waals surface area contributed by atoms with Gasteiger partial charge in [-0.15, -0.1) is 0 Å². The van der Waals surface area contributed by atoms with Crippen molar-refractivity contribution in [2.75, 3.05) is 36.4 Å². The quantitative estimate of drug-likeness (QED) is 0.856. The number of amides is 2. The molecular weight excluding hydrogens is 354 g/mol. The fourth-order valence-corrected chi connectivity index (χ4v) is 4.08. The normalized spacial score (nSPS) is 19.0. The van der Waals surface area contributed by atoms with Gasteiger partial charge in [0.1, 0.15) is 6.54 Å². The number of carbonyl (C=O) groups is 2. The average molecular weight is 379 g/mol. The van der Waals surface area contributed by atoms with Crippen LogP contribution in [0.15, 0.2) is 54.6 Å². The molecule has 0 aromatic heterocycles. The van der Waals surface area contributed by atoms with E-state index in [1.807, 2.05) is 54.6 Å². The van der Waals surface area contributed by atoms with Gasteiger partial charge in [0.05, 0.1) is 24.0 Å². The van der Waals surface area contributed by atoms with Crippen molar-refractivity contribution < 1.29 is 14.7 Å². The van der Waals surface area contributed by atoms with Gasteiger partial charge in [0.2, 0.25) is 11.8 Å². The van der Waals surface area contributed by atoms with Gasteiger partial charge in [0.15, 0.2) is 0 Å². The number of aliphatic hydroxyl groups excluding tert-OH is 1. The summed E-state index contributed by atoms with van der Waals surface area (Å²) in [5, 5.41) is 13.4. The van der Waals surface area contributed by atoms with Crippen molar-refractivity contribution in [2.24, 2.45) is 5.92 Å². The van der Waals surface area contributed by atoms with Gasteiger partial charge in [-0.2, -0.15) is 0 Å². The molecule has 0 aliphatic carbocycles. The van der Waals surface area contributed by atoms with Crippen LogP contribution in [0.1, 0.15) is 24.5 Å². The number of hydrogen-bond acceptors (Lipinski definition) is 4. The molecule has 2 heterocycles. The van der Waals surface area contributed by atoms with Crippen LogP contribution in [0, 0.1) is 5.92 Å². The van der Waals surface area contributed by atoms with Crippen molar-refractivity contribution in [3.8, 4) is 0 Å². The standard InChI is InChI=1S/C22H25N3O3/c26-20-14-25(19-9-5-4-8-18(19)23-20)21(27)15-24-12-10-17(11-13-24)22(28)16-6-2-1-3-7-16/h1-9,17,22,28H,10-15H2,(H,23,26). The highest BCUT2D eigenvalue weighted by molar-refractivity contribution is 6.10. The molecule has 146 valence electrons. The predicted octanol–water partition coefficient (Wildman–Crippen LogP) is 2.42. The van der Waals surface area contributed by atoms with Crippen molar-refractivity contribution in [2.45, 2.75) is 18.9 Å². The molecule has 0 bridgehead atoms. The molecule has 4 rings (SSSR count). The summed E-state index contributed by atoms with van der Waals surface area (Å²) < 4.78 is 0. The molecule has 2 N–H and O–H groups in total. The molecular formula is C22H25N3O3. The Morgan fingerprint density at radius 3 is 2.50 bits per heavy atom. The number of nitrogens with zero attached hydrogens (tertiary/aromatic N) is 2. The molecule has 2 aromatic rings. The fourth-order valence-electron chi connectivity index (χ4n) is 4.08. The summed E-state index contributed by atoms with van der Waals surface area (Å²) in [6.45, 7) is 1.87. The average Bonchev–Trinajstić information content (AvgIpc) is 2.73. The summed E-state index contributed by atoms with van der Waals surface area (Å²) >= 11 is 0. The summed E-state index contributed by atoms with van der Waals surface area (Å²) in [7, 11) is 0. The van der Waals surface area contributed by atoms with Crippen molar-refractivity contribution in [3.05, 3.63) is 60.2 Å². The van der Waals surface area contributed by atoms with E-state index >= 15 is 0 Å². The second-order valence-electron chi connectivity index (χ2n) is 7.51. The first-order valence-electron chi connectivity index (χ1n) is 9.76. The maximum absolute atomic E-state index is 12.9. The number of hydrogen-bond donors (Lipinski definition) is 2. The van der Waals surface area contributed by atoms with Crippen LogP contribution in [0.2, 0.25) is 0 Å². The van der Waals surface area contributed by atoms with Gasteiger partial charge in [-0.05, 0) is 49.5 Å². The highest BCUT2D eigenvalue weighted by atomic mass is 16.3. The Bertz CT molecular complexity index is 847. The van der Waals surface area contributed by atoms with Crippen LogP contribution in [0.3, 0.4) is 0 Å². The number of likely N-dealkylation sites (tertiary alicyclic amines) is 1. The van der Waals surface area contributed by atoms with Gasteiger partial charge in [0.25, 0.3) is 0 Å². The smallest absolute Gasteiger partial charge is 0.244 e. The van der Waals surface area contributed by atoms with Crippen molar-refractivity contribution in [1.82, 2.24) is 4.90 Å². The van der Waals surface area contributed by atoms with E-state index in [9.17, 15) is 14.7 Å². The first kappa shape index (κ1) is 18.7. The van der Waals surface area contributed by atoms with Crippen LogP contribution in [0.4, 0.5) is 11.4 Å². The SMILES string of the molecule is O=C1CN(C(=O)CN2CCC(C(O)c3ccccc3)CC2)c2ccccc2N1. The molecule has 2 aliphatic heterocycles. The molecule has 1 atom stereocenters. The number of para-hydroxylation sites is 2. The van der Waals surface area contributed by atoms with E-state index in [-0.39, 0.29) is 30.8 Å². The van der Waals surface area contributed by atoms with E-state index < -0.39 is 6.10 Å². The number of nitrogens with one attached hydrogen (secondary N) is 1. The Morgan fingerprint density at radius 1 is 1.07 bits per heavy atom. The number of carbonyl (C=O) groups excluding carboxylic acids is 2. The third-order valence-electron chi connectivity index (χ3n) is 5.65. The van der Waals surface area contributed by atoms with Gasteiger partial charge >= 0.3 is 0 Å². The van der Waals surface area contributed by atoms with E-state index in [4.69, 9.17) is 0 Å². The molecule has 6 heteroatoms. The zero-order valence-corrected chi connectivity index (χ0v) is 15.8. The minimum atomic E-state index is -0.461. The number of fused-ring (bicyclic) bond motifs is 1. The summed E-state index contributed by atoms with van der Waals surface area (Å²) in [5.41, 5.74) is 2.38. The first-order chi connectivity index (χ1) is 13.6.